The van der Waals surface area contributed by atoms with Gasteiger partial charge in [-0.3, -0.25) is 10.2 Å². The first-order valence-corrected chi connectivity index (χ1v) is 5.51. The highest BCUT2D eigenvalue weighted by atomic mass is 32.2. The smallest absolute Gasteiger partial charge is 0.234 e. The monoisotopic (exact) mass is 226 g/mol. The molecule has 0 saturated carbocycles. The standard InChI is InChI=1S/C10H14N2O2S/c1-14-8-3-2-4-9(7-8)15-6-5-10(13)12-11/h2-4,7H,5-6,11H2,1H3,(H,12,13). The van der Waals surface area contributed by atoms with Gasteiger partial charge < -0.3 is 4.74 Å². The Hall–Kier alpha value is -1.20. The lowest BCUT2D eigenvalue weighted by Crippen LogP contribution is -2.30. The topological polar surface area (TPSA) is 64.3 Å². The van der Waals surface area contributed by atoms with Crippen molar-refractivity contribution >= 4 is 17.7 Å². The Balaban J connectivity index is 2.40. The summed E-state index contributed by atoms with van der Waals surface area (Å²) in [6.45, 7) is 0. The number of nitrogens with one attached hydrogen (secondary N) is 1. The molecule has 82 valence electrons. The first-order valence-electron chi connectivity index (χ1n) is 4.52. The van der Waals surface area contributed by atoms with Crippen molar-refractivity contribution in [2.24, 2.45) is 5.84 Å². The molecule has 0 atom stereocenters. The molecule has 0 fully saturated rings. The van der Waals surface area contributed by atoms with E-state index in [2.05, 4.69) is 5.43 Å². The third kappa shape index (κ3) is 4.22. The van der Waals surface area contributed by atoms with Crippen LogP contribution in [0.2, 0.25) is 0 Å². The van der Waals surface area contributed by atoms with Crippen LogP contribution >= 0.6 is 11.8 Å². The molecule has 1 amide bonds. The van der Waals surface area contributed by atoms with E-state index in [9.17, 15) is 4.79 Å². The molecule has 0 spiro atoms. The van der Waals surface area contributed by atoms with Crippen LogP contribution in [0.15, 0.2) is 29.2 Å². The molecule has 0 bridgehead atoms. The lowest BCUT2D eigenvalue weighted by molar-refractivity contribution is -0.120. The maximum absolute atomic E-state index is 10.9. The van der Waals surface area contributed by atoms with Gasteiger partial charge in [0.2, 0.25) is 5.91 Å². The largest absolute Gasteiger partial charge is 0.497 e. The van der Waals surface area contributed by atoms with Crippen molar-refractivity contribution < 1.29 is 9.53 Å². The first kappa shape index (κ1) is 11.9. The van der Waals surface area contributed by atoms with Crippen molar-refractivity contribution in [2.45, 2.75) is 11.3 Å². The number of carbonyl (C=O) groups is 1. The van der Waals surface area contributed by atoms with E-state index in [1.54, 1.807) is 18.9 Å². The van der Waals surface area contributed by atoms with E-state index in [-0.39, 0.29) is 5.91 Å². The van der Waals surface area contributed by atoms with Gasteiger partial charge in [-0.1, -0.05) is 6.07 Å². The number of ether oxygens (including phenoxy) is 1. The Morgan fingerprint density at radius 2 is 2.40 bits per heavy atom. The summed E-state index contributed by atoms with van der Waals surface area (Å²) in [5.41, 5.74) is 2.10. The van der Waals surface area contributed by atoms with E-state index in [4.69, 9.17) is 10.6 Å². The Morgan fingerprint density at radius 3 is 3.07 bits per heavy atom. The van der Waals surface area contributed by atoms with E-state index >= 15 is 0 Å². The zero-order valence-corrected chi connectivity index (χ0v) is 9.34. The van der Waals surface area contributed by atoms with Gasteiger partial charge in [0.1, 0.15) is 5.75 Å². The van der Waals surface area contributed by atoms with Crippen LogP contribution in [-0.4, -0.2) is 18.8 Å². The minimum atomic E-state index is -0.148. The molecule has 0 aliphatic heterocycles. The lowest BCUT2D eigenvalue weighted by atomic mass is 10.3. The summed E-state index contributed by atoms with van der Waals surface area (Å²) in [4.78, 5) is 11.9. The highest BCUT2D eigenvalue weighted by molar-refractivity contribution is 7.99. The van der Waals surface area contributed by atoms with Gasteiger partial charge in [0.15, 0.2) is 0 Å². The van der Waals surface area contributed by atoms with E-state index in [1.165, 1.54) is 0 Å². The molecule has 4 nitrogen and oxygen atoms in total. The number of hydrogen-bond donors (Lipinski definition) is 2. The van der Waals surface area contributed by atoms with Crippen molar-refractivity contribution in [1.82, 2.24) is 5.43 Å². The van der Waals surface area contributed by atoms with Crippen molar-refractivity contribution in [2.75, 3.05) is 12.9 Å². The highest BCUT2D eigenvalue weighted by Crippen LogP contribution is 2.23. The minimum absolute atomic E-state index is 0.148. The predicted molar refractivity (Wildman–Crippen MR) is 60.7 cm³/mol. The molecule has 1 aromatic carbocycles. The number of methoxy groups -OCH3 is 1. The van der Waals surface area contributed by atoms with Crippen LogP contribution in [0.5, 0.6) is 5.75 Å². The second-order valence-corrected chi connectivity index (χ2v) is 4.01. The SMILES string of the molecule is COc1cccc(SCCC(=O)NN)c1. The lowest BCUT2D eigenvalue weighted by Gasteiger charge is -2.03. The third-order valence-electron chi connectivity index (χ3n) is 1.80. The second kappa shape index (κ2) is 6.31. The third-order valence-corrected chi connectivity index (χ3v) is 2.80. The summed E-state index contributed by atoms with van der Waals surface area (Å²) < 4.78 is 5.09. The fraction of sp³-hybridized carbons (Fsp3) is 0.300. The quantitative estimate of drug-likeness (QED) is 0.342. The molecule has 15 heavy (non-hydrogen) atoms. The molecule has 0 saturated heterocycles. The summed E-state index contributed by atoms with van der Waals surface area (Å²) >= 11 is 1.60. The van der Waals surface area contributed by atoms with Crippen molar-refractivity contribution in [3.05, 3.63) is 24.3 Å². The second-order valence-electron chi connectivity index (χ2n) is 2.84. The summed E-state index contributed by atoms with van der Waals surface area (Å²) in [5, 5.41) is 0. The summed E-state index contributed by atoms with van der Waals surface area (Å²) in [7, 11) is 1.63. The maximum Gasteiger partial charge on any atom is 0.234 e. The van der Waals surface area contributed by atoms with Gasteiger partial charge in [-0.2, -0.15) is 0 Å². The fourth-order valence-corrected chi connectivity index (χ4v) is 1.92. The van der Waals surface area contributed by atoms with Crippen LogP contribution < -0.4 is 16.0 Å². The van der Waals surface area contributed by atoms with Crippen LogP contribution in [0, 0.1) is 0 Å². The Bertz CT molecular complexity index is 331. The predicted octanol–water partition coefficient (Wildman–Crippen LogP) is 1.17. The van der Waals surface area contributed by atoms with Crippen LogP contribution in [0.25, 0.3) is 0 Å². The maximum atomic E-state index is 10.9. The molecule has 1 aromatic rings. The molecule has 0 aromatic heterocycles. The highest BCUT2D eigenvalue weighted by Gasteiger charge is 2.00. The number of thioether (sulfide) groups is 1. The minimum Gasteiger partial charge on any atom is -0.497 e. The Morgan fingerprint density at radius 1 is 1.60 bits per heavy atom. The van der Waals surface area contributed by atoms with E-state index in [0.29, 0.717) is 12.2 Å². The average molecular weight is 226 g/mol. The normalized spacial score (nSPS) is 9.73. The van der Waals surface area contributed by atoms with E-state index < -0.39 is 0 Å². The Kier molecular flexibility index (Phi) is 5.00. The van der Waals surface area contributed by atoms with Gasteiger partial charge in [0.05, 0.1) is 7.11 Å². The average Bonchev–Trinajstić information content (AvgIpc) is 2.29. The molecule has 1 rings (SSSR count). The molecule has 3 N–H and O–H groups in total. The number of hydrogen-bond acceptors (Lipinski definition) is 4. The van der Waals surface area contributed by atoms with Crippen molar-refractivity contribution in [3.8, 4) is 5.75 Å². The van der Waals surface area contributed by atoms with Crippen LogP contribution in [0.1, 0.15) is 6.42 Å². The van der Waals surface area contributed by atoms with Crippen LogP contribution in [0.4, 0.5) is 0 Å². The van der Waals surface area contributed by atoms with E-state index in [1.807, 2.05) is 24.3 Å². The van der Waals surface area contributed by atoms with Crippen molar-refractivity contribution in [1.29, 1.82) is 0 Å². The number of carbonyl (C=O) groups excluding carboxylic acids is 1. The molecule has 0 heterocycles. The molecule has 5 heteroatoms. The Labute approximate surface area is 93.1 Å². The number of amides is 1. The van der Waals surface area contributed by atoms with E-state index in [0.717, 1.165) is 10.6 Å². The first-order chi connectivity index (χ1) is 7.26. The zero-order valence-electron chi connectivity index (χ0n) is 8.53. The van der Waals surface area contributed by atoms with Gasteiger partial charge in [0, 0.05) is 17.1 Å². The van der Waals surface area contributed by atoms with Crippen LogP contribution in [0.3, 0.4) is 0 Å². The summed E-state index contributed by atoms with van der Waals surface area (Å²) in [6, 6.07) is 7.72. The van der Waals surface area contributed by atoms with Gasteiger partial charge >= 0.3 is 0 Å². The molecule has 0 unspecified atom stereocenters. The molecule has 0 aliphatic carbocycles. The van der Waals surface area contributed by atoms with Gasteiger partial charge in [0.25, 0.3) is 0 Å². The zero-order chi connectivity index (χ0) is 11.1. The van der Waals surface area contributed by atoms with Gasteiger partial charge in [-0.15, -0.1) is 11.8 Å². The number of benzene rings is 1. The summed E-state index contributed by atoms with van der Waals surface area (Å²) in [6.07, 6.45) is 0.415. The molecule has 0 radical (unpaired) electrons. The molecular formula is C10H14N2O2S. The van der Waals surface area contributed by atoms with Crippen molar-refractivity contribution in [3.63, 3.8) is 0 Å². The number of hydrazine groups is 1. The van der Waals surface area contributed by atoms with Gasteiger partial charge in [-0.05, 0) is 18.2 Å². The number of rotatable bonds is 5. The molecule has 0 aliphatic rings. The number of nitrogens with two attached hydrogens (primary N) is 1. The summed E-state index contributed by atoms with van der Waals surface area (Å²) in [5.74, 6) is 6.35. The van der Waals surface area contributed by atoms with Gasteiger partial charge in [-0.25, -0.2) is 5.84 Å². The van der Waals surface area contributed by atoms with Crippen LogP contribution in [-0.2, 0) is 4.79 Å². The fourth-order valence-electron chi connectivity index (χ4n) is 1.02. The molecular weight excluding hydrogens is 212 g/mol.